The molecule has 0 aliphatic heterocycles. The van der Waals surface area contributed by atoms with Crippen LogP contribution in [0.2, 0.25) is 0 Å². The first-order valence-corrected chi connectivity index (χ1v) is 7.70. The Labute approximate surface area is 121 Å². The highest BCUT2D eigenvalue weighted by Gasteiger charge is 2.33. The molecule has 0 spiro atoms. The molecule has 1 saturated carbocycles. The van der Waals surface area contributed by atoms with Crippen LogP contribution in [-0.4, -0.2) is 18.0 Å². The molecule has 1 aliphatic rings. The van der Waals surface area contributed by atoms with Crippen LogP contribution in [0.25, 0.3) is 0 Å². The maximum atomic E-state index is 12.0. The van der Waals surface area contributed by atoms with Crippen LogP contribution < -0.4 is 11.1 Å². The van der Waals surface area contributed by atoms with Crippen LogP contribution in [0, 0.1) is 6.92 Å². The van der Waals surface area contributed by atoms with E-state index >= 15 is 0 Å². The number of amides is 1. The van der Waals surface area contributed by atoms with Crippen molar-refractivity contribution in [3.05, 3.63) is 35.4 Å². The molecular formula is C17H26N2O. The van der Waals surface area contributed by atoms with Gasteiger partial charge in [-0.2, -0.15) is 0 Å². The first-order chi connectivity index (χ1) is 9.63. The third kappa shape index (κ3) is 4.07. The maximum absolute atomic E-state index is 12.0. The number of rotatable bonds is 6. The minimum absolute atomic E-state index is 0.110. The Balaban J connectivity index is 1.73. The Morgan fingerprint density at radius 2 is 1.90 bits per heavy atom. The van der Waals surface area contributed by atoms with Gasteiger partial charge in [0, 0.05) is 13.0 Å². The van der Waals surface area contributed by atoms with E-state index in [9.17, 15) is 4.79 Å². The Morgan fingerprint density at radius 3 is 2.50 bits per heavy atom. The van der Waals surface area contributed by atoms with Crippen molar-refractivity contribution < 1.29 is 4.79 Å². The topological polar surface area (TPSA) is 55.1 Å². The van der Waals surface area contributed by atoms with Gasteiger partial charge in [0.05, 0.1) is 5.54 Å². The summed E-state index contributed by atoms with van der Waals surface area (Å²) in [6.45, 7) is 2.65. The van der Waals surface area contributed by atoms with Crippen LogP contribution in [0.5, 0.6) is 0 Å². The van der Waals surface area contributed by atoms with E-state index in [1.807, 2.05) is 0 Å². The molecule has 3 nitrogen and oxygen atoms in total. The fourth-order valence-electron chi connectivity index (χ4n) is 3.00. The lowest BCUT2D eigenvalue weighted by Crippen LogP contribution is -2.51. The van der Waals surface area contributed by atoms with E-state index < -0.39 is 0 Å². The van der Waals surface area contributed by atoms with Crippen molar-refractivity contribution in [2.75, 3.05) is 6.54 Å². The van der Waals surface area contributed by atoms with Gasteiger partial charge in [0.1, 0.15) is 0 Å². The minimum Gasteiger partial charge on any atom is -0.349 e. The van der Waals surface area contributed by atoms with Gasteiger partial charge in [-0.1, -0.05) is 42.7 Å². The number of aryl methyl sites for hydroxylation is 2. The molecule has 3 heteroatoms. The molecule has 1 aromatic carbocycles. The summed E-state index contributed by atoms with van der Waals surface area (Å²) in [6.07, 6.45) is 6.89. The Kier molecular flexibility index (Phi) is 5.18. The molecule has 1 aliphatic carbocycles. The van der Waals surface area contributed by atoms with Crippen molar-refractivity contribution in [3.8, 4) is 0 Å². The van der Waals surface area contributed by atoms with Gasteiger partial charge in [-0.3, -0.25) is 4.79 Å². The summed E-state index contributed by atoms with van der Waals surface area (Å²) in [7, 11) is 0. The fraction of sp³-hybridized carbons (Fsp3) is 0.588. The molecule has 0 aromatic heterocycles. The highest BCUT2D eigenvalue weighted by Crippen LogP contribution is 2.28. The first kappa shape index (κ1) is 15.0. The smallest absolute Gasteiger partial charge is 0.220 e. The monoisotopic (exact) mass is 274 g/mol. The number of carbonyl (C=O) groups excluding carboxylic acids is 1. The van der Waals surface area contributed by atoms with E-state index in [-0.39, 0.29) is 11.4 Å². The molecule has 20 heavy (non-hydrogen) atoms. The summed E-state index contributed by atoms with van der Waals surface area (Å²) in [6, 6.07) is 8.53. The molecule has 0 unspecified atom stereocenters. The molecule has 1 amide bonds. The normalized spacial score (nSPS) is 17.1. The van der Waals surface area contributed by atoms with E-state index in [2.05, 4.69) is 36.5 Å². The Bertz CT molecular complexity index is 433. The average molecular weight is 274 g/mol. The number of carbonyl (C=O) groups is 1. The van der Waals surface area contributed by atoms with E-state index in [0.717, 1.165) is 25.7 Å². The van der Waals surface area contributed by atoms with Gasteiger partial charge in [0.25, 0.3) is 0 Å². The van der Waals surface area contributed by atoms with E-state index in [0.29, 0.717) is 13.0 Å². The van der Waals surface area contributed by atoms with Crippen LogP contribution in [0.15, 0.2) is 24.3 Å². The largest absolute Gasteiger partial charge is 0.349 e. The molecule has 110 valence electrons. The van der Waals surface area contributed by atoms with Crippen LogP contribution in [0.1, 0.15) is 49.7 Å². The molecule has 3 N–H and O–H groups in total. The van der Waals surface area contributed by atoms with Crippen molar-refractivity contribution >= 4 is 5.91 Å². The van der Waals surface area contributed by atoms with Gasteiger partial charge < -0.3 is 11.1 Å². The van der Waals surface area contributed by atoms with Gasteiger partial charge in [-0.05, 0) is 38.2 Å². The number of nitrogens with one attached hydrogen (secondary N) is 1. The van der Waals surface area contributed by atoms with Gasteiger partial charge in [0.2, 0.25) is 5.91 Å². The van der Waals surface area contributed by atoms with E-state index in [4.69, 9.17) is 5.73 Å². The molecule has 0 radical (unpaired) electrons. The highest BCUT2D eigenvalue weighted by atomic mass is 16.1. The number of hydrogen-bond acceptors (Lipinski definition) is 2. The zero-order valence-corrected chi connectivity index (χ0v) is 12.5. The Hall–Kier alpha value is -1.35. The molecule has 1 fully saturated rings. The predicted molar refractivity (Wildman–Crippen MR) is 82.5 cm³/mol. The lowest BCUT2D eigenvalue weighted by Gasteiger charge is -2.28. The molecule has 0 atom stereocenters. The van der Waals surface area contributed by atoms with Gasteiger partial charge >= 0.3 is 0 Å². The lowest BCUT2D eigenvalue weighted by molar-refractivity contribution is -0.123. The summed E-state index contributed by atoms with van der Waals surface area (Å²) >= 11 is 0. The summed E-state index contributed by atoms with van der Waals surface area (Å²) in [5, 5.41) is 3.17. The van der Waals surface area contributed by atoms with Gasteiger partial charge in [-0.25, -0.2) is 0 Å². The summed E-state index contributed by atoms with van der Waals surface area (Å²) < 4.78 is 0. The average Bonchev–Trinajstić information content (AvgIpc) is 2.90. The second kappa shape index (κ2) is 6.89. The summed E-state index contributed by atoms with van der Waals surface area (Å²) in [4.78, 5) is 12.0. The van der Waals surface area contributed by atoms with Crippen LogP contribution in [0.3, 0.4) is 0 Å². The molecule has 0 saturated heterocycles. The van der Waals surface area contributed by atoms with Crippen LogP contribution in [0.4, 0.5) is 0 Å². The maximum Gasteiger partial charge on any atom is 0.220 e. The fourth-order valence-corrected chi connectivity index (χ4v) is 3.00. The molecular weight excluding hydrogens is 248 g/mol. The van der Waals surface area contributed by atoms with Crippen molar-refractivity contribution in [1.82, 2.24) is 5.32 Å². The number of benzene rings is 1. The van der Waals surface area contributed by atoms with Crippen molar-refractivity contribution in [2.24, 2.45) is 5.73 Å². The lowest BCUT2D eigenvalue weighted by atomic mass is 9.97. The third-order valence-electron chi connectivity index (χ3n) is 4.35. The molecule has 1 aromatic rings. The SMILES string of the molecule is Cc1ccc(CCCC(=O)NC2(CN)CCCC2)cc1. The number of hydrogen-bond donors (Lipinski definition) is 2. The zero-order chi connectivity index (χ0) is 14.4. The molecule has 0 bridgehead atoms. The van der Waals surface area contributed by atoms with Crippen molar-refractivity contribution in [2.45, 2.75) is 57.4 Å². The molecule has 2 rings (SSSR count). The highest BCUT2D eigenvalue weighted by molar-refractivity contribution is 5.76. The van der Waals surface area contributed by atoms with Gasteiger partial charge in [-0.15, -0.1) is 0 Å². The van der Waals surface area contributed by atoms with Crippen molar-refractivity contribution in [3.63, 3.8) is 0 Å². The van der Waals surface area contributed by atoms with Crippen LogP contribution >= 0.6 is 0 Å². The third-order valence-corrected chi connectivity index (χ3v) is 4.35. The van der Waals surface area contributed by atoms with Gasteiger partial charge in [0.15, 0.2) is 0 Å². The predicted octanol–water partition coefficient (Wildman–Crippen LogP) is 2.71. The molecule has 0 heterocycles. The second-order valence-corrected chi connectivity index (χ2v) is 6.08. The van der Waals surface area contributed by atoms with Crippen molar-refractivity contribution in [1.29, 1.82) is 0 Å². The first-order valence-electron chi connectivity index (χ1n) is 7.70. The Morgan fingerprint density at radius 1 is 1.25 bits per heavy atom. The number of nitrogens with two attached hydrogens (primary N) is 1. The van der Waals surface area contributed by atoms with E-state index in [1.54, 1.807) is 0 Å². The quantitative estimate of drug-likeness (QED) is 0.838. The van der Waals surface area contributed by atoms with E-state index in [1.165, 1.54) is 24.0 Å². The summed E-state index contributed by atoms with van der Waals surface area (Å²) in [5.74, 6) is 0.157. The van der Waals surface area contributed by atoms with Crippen LogP contribution in [-0.2, 0) is 11.2 Å². The zero-order valence-electron chi connectivity index (χ0n) is 12.5. The second-order valence-electron chi connectivity index (χ2n) is 6.08. The minimum atomic E-state index is -0.110. The standard InChI is InChI=1S/C17H26N2O/c1-14-7-9-15(10-8-14)5-4-6-16(20)19-17(13-18)11-2-3-12-17/h7-10H,2-6,11-13,18H2,1H3,(H,19,20). The summed E-state index contributed by atoms with van der Waals surface area (Å²) in [5.41, 5.74) is 8.31.